The number of hydrogen-bond acceptors (Lipinski definition) is 3. The van der Waals surface area contributed by atoms with Gasteiger partial charge in [0, 0.05) is 12.1 Å². The molecule has 1 aromatic rings. The minimum atomic E-state index is -4.34. The first kappa shape index (κ1) is 16.3. The van der Waals surface area contributed by atoms with Crippen molar-refractivity contribution in [2.24, 2.45) is 0 Å². The molecule has 2 rings (SSSR count). The Balaban J connectivity index is 1.95. The summed E-state index contributed by atoms with van der Waals surface area (Å²) < 4.78 is 60.6. The Kier molecular flexibility index (Phi) is 4.63. The summed E-state index contributed by atoms with van der Waals surface area (Å²) in [5, 5.41) is 3.18. The van der Waals surface area contributed by atoms with E-state index in [1.165, 1.54) is 6.07 Å². The van der Waals surface area contributed by atoms with Crippen molar-refractivity contribution in [3.63, 3.8) is 0 Å². The van der Waals surface area contributed by atoms with Gasteiger partial charge >= 0.3 is 6.18 Å². The minimum absolute atomic E-state index is 0.0771. The maximum Gasteiger partial charge on any atom is 0.416 e. The number of rotatable bonds is 4. The molecule has 0 unspecified atom stereocenters. The van der Waals surface area contributed by atoms with Crippen LogP contribution >= 0.6 is 0 Å². The van der Waals surface area contributed by atoms with E-state index in [1.807, 2.05) is 6.92 Å². The number of hydrogen-bond donors (Lipinski definition) is 1. The second-order valence-corrected chi connectivity index (χ2v) is 7.80. The van der Waals surface area contributed by atoms with E-state index in [0.29, 0.717) is 18.4 Å². The van der Waals surface area contributed by atoms with Gasteiger partial charge in [0.25, 0.3) is 0 Å². The quantitative estimate of drug-likeness (QED) is 0.926. The third-order valence-corrected chi connectivity index (χ3v) is 5.32. The Hall–Kier alpha value is -1.08. The van der Waals surface area contributed by atoms with E-state index in [0.717, 1.165) is 12.1 Å². The van der Waals surface area contributed by atoms with Crippen LogP contribution in [-0.4, -0.2) is 32.0 Å². The fraction of sp³-hybridized carbons (Fsp3) is 0.571. The Morgan fingerprint density at radius 2 is 2.10 bits per heavy atom. The van der Waals surface area contributed by atoms with E-state index >= 15 is 0 Å². The number of nitrogens with one attached hydrogen (secondary N) is 1. The van der Waals surface area contributed by atoms with Gasteiger partial charge < -0.3 is 5.32 Å². The Labute approximate surface area is 122 Å². The van der Waals surface area contributed by atoms with Gasteiger partial charge in [0.2, 0.25) is 0 Å². The molecule has 1 aliphatic heterocycles. The van der Waals surface area contributed by atoms with Crippen LogP contribution in [-0.2, 0) is 22.4 Å². The molecular formula is C14H18F3NO2S. The first-order chi connectivity index (χ1) is 9.66. The highest BCUT2D eigenvalue weighted by Gasteiger charge is 2.31. The lowest BCUT2D eigenvalue weighted by atomic mass is 10.0. The maximum absolute atomic E-state index is 12.6. The van der Waals surface area contributed by atoms with Crippen molar-refractivity contribution in [3.05, 3.63) is 35.4 Å². The average Bonchev–Trinajstić information content (AvgIpc) is 2.67. The largest absolute Gasteiger partial charge is 0.416 e. The molecule has 21 heavy (non-hydrogen) atoms. The number of alkyl halides is 3. The van der Waals surface area contributed by atoms with E-state index in [4.69, 9.17) is 0 Å². The molecule has 1 saturated heterocycles. The van der Waals surface area contributed by atoms with Crippen molar-refractivity contribution in [2.75, 3.05) is 11.5 Å². The topological polar surface area (TPSA) is 46.2 Å². The first-order valence-electron chi connectivity index (χ1n) is 6.78. The molecule has 118 valence electrons. The molecule has 0 aromatic heterocycles. The first-order valence-corrected chi connectivity index (χ1v) is 8.60. The monoisotopic (exact) mass is 321 g/mol. The summed E-state index contributed by atoms with van der Waals surface area (Å²) in [4.78, 5) is 0. The van der Waals surface area contributed by atoms with Crippen LogP contribution in [0, 0.1) is 0 Å². The Morgan fingerprint density at radius 1 is 1.38 bits per heavy atom. The fourth-order valence-corrected chi connectivity index (χ4v) is 4.30. The molecule has 0 saturated carbocycles. The molecule has 1 heterocycles. The zero-order valence-corrected chi connectivity index (χ0v) is 12.5. The van der Waals surface area contributed by atoms with Gasteiger partial charge in [-0.2, -0.15) is 13.2 Å². The number of halogens is 3. The highest BCUT2D eigenvalue weighted by atomic mass is 32.2. The van der Waals surface area contributed by atoms with Gasteiger partial charge in [-0.25, -0.2) is 8.42 Å². The summed E-state index contributed by atoms with van der Waals surface area (Å²) in [6.45, 7) is 1.85. The summed E-state index contributed by atoms with van der Waals surface area (Å²) in [7, 11) is -2.95. The predicted molar refractivity (Wildman–Crippen MR) is 74.8 cm³/mol. The molecule has 1 aliphatic rings. The van der Waals surface area contributed by atoms with Crippen LogP contribution in [0.1, 0.15) is 24.5 Å². The third kappa shape index (κ3) is 4.71. The molecule has 0 spiro atoms. The van der Waals surface area contributed by atoms with E-state index in [9.17, 15) is 21.6 Å². The van der Waals surface area contributed by atoms with Crippen molar-refractivity contribution in [2.45, 2.75) is 38.0 Å². The molecule has 0 radical (unpaired) electrons. The lowest BCUT2D eigenvalue weighted by Gasteiger charge is -2.19. The minimum Gasteiger partial charge on any atom is -0.310 e. The van der Waals surface area contributed by atoms with Crippen molar-refractivity contribution in [3.8, 4) is 0 Å². The van der Waals surface area contributed by atoms with E-state index in [2.05, 4.69) is 5.32 Å². The lowest BCUT2D eigenvalue weighted by Crippen LogP contribution is -2.38. The smallest absolute Gasteiger partial charge is 0.310 e. The van der Waals surface area contributed by atoms with Crippen LogP contribution in [0.3, 0.4) is 0 Å². The van der Waals surface area contributed by atoms with Crippen LogP contribution in [0.4, 0.5) is 13.2 Å². The summed E-state index contributed by atoms with van der Waals surface area (Å²) in [6.07, 6.45) is -3.35. The van der Waals surface area contributed by atoms with Gasteiger partial charge in [-0.1, -0.05) is 18.2 Å². The molecule has 0 aliphatic carbocycles. The van der Waals surface area contributed by atoms with Crippen molar-refractivity contribution < 1.29 is 21.6 Å². The normalized spacial score (nSPS) is 23.1. The molecule has 1 fully saturated rings. The highest BCUT2D eigenvalue weighted by Crippen LogP contribution is 2.29. The van der Waals surface area contributed by atoms with Gasteiger partial charge in [-0.3, -0.25) is 0 Å². The lowest BCUT2D eigenvalue weighted by molar-refractivity contribution is -0.137. The Bertz CT molecular complexity index is 598. The maximum atomic E-state index is 12.6. The summed E-state index contributed by atoms with van der Waals surface area (Å²) in [5.74, 6) is 0.293. The van der Waals surface area contributed by atoms with E-state index in [-0.39, 0.29) is 23.6 Å². The summed E-state index contributed by atoms with van der Waals surface area (Å²) in [5.41, 5.74) is -0.0682. The standard InChI is InChI=1S/C14H18F3NO2S/c1-10(18-13-5-6-21(19,20)9-13)7-11-3-2-4-12(8-11)14(15,16)17/h2-4,8,10,13,18H,5-7,9H2,1H3/t10-,13+/m0/s1. The summed E-state index contributed by atoms with van der Waals surface area (Å²) >= 11 is 0. The van der Waals surface area contributed by atoms with Crippen LogP contribution in [0.2, 0.25) is 0 Å². The van der Waals surface area contributed by atoms with Gasteiger partial charge in [-0.05, 0) is 31.4 Å². The average molecular weight is 321 g/mol. The molecule has 7 heteroatoms. The molecule has 1 N–H and O–H groups in total. The number of benzene rings is 1. The van der Waals surface area contributed by atoms with Gasteiger partial charge in [0.15, 0.2) is 9.84 Å². The van der Waals surface area contributed by atoms with Crippen LogP contribution in [0.25, 0.3) is 0 Å². The molecule has 1 aromatic carbocycles. The van der Waals surface area contributed by atoms with E-state index < -0.39 is 21.6 Å². The van der Waals surface area contributed by atoms with Crippen LogP contribution in [0.15, 0.2) is 24.3 Å². The molecular weight excluding hydrogens is 303 g/mol. The SMILES string of the molecule is C[C@@H](Cc1cccc(C(F)(F)F)c1)N[C@@H]1CCS(=O)(=O)C1. The van der Waals surface area contributed by atoms with Crippen LogP contribution < -0.4 is 5.32 Å². The highest BCUT2D eigenvalue weighted by molar-refractivity contribution is 7.91. The summed E-state index contributed by atoms with van der Waals surface area (Å²) in [6, 6.07) is 5.06. The van der Waals surface area contributed by atoms with Gasteiger partial charge in [0.05, 0.1) is 17.1 Å². The zero-order valence-electron chi connectivity index (χ0n) is 11.7. The van der Waals surface area contributed by atoms with Gasteiger partial charge in [0.1, 0.15) is 0 Å². The van der Waals surface area contributed by atoms with Gasteiger partial charge in [-0.15, -0.1) is 0 Å². The van der Waals surface area contributed by atoms with Crippen molar-refractivity contribution in [1.82, 2.24) is 5.32 Å². The third-order valence-electron chi connectivity index (χ3n) is 3.55. The van der Waals surface area contributed by atoms with E-state index in [1.54, 1.807) is 6.07 Å². The Morgan fingerprint density at radius 3 is 2.67 bits per heavy atom. The second kappa shape index (κ2) is 5.96. The van der Waals surface area contributed by atoms with Crippen molar-refractivity contribution in [1.29, 1.82) is 0 Å². The number of sulfone groups is 1. The molecule has 0 amide bonds. The molecule has 2 atom stereocenters. The molecule has 3 nitrogen and oxygen atoms in total. The predicted octanol–water partition coefficient (Wildman–Crippen LogP) is 2.41. The zero-order chi connectivity index (χ0) is 15.7. The fourth-order valence-electron chi connectivity index (χ4n) is 2.62. The molecule has 0 bridgehead atoms. The van der Waals surface area contributed by atoms with Crippen LogP contribution in [0.5, 0.6) is 0 Å². The second-order valence-electron chi connectivity index (χ2n) is 5.57. The van der Waals surface area contributed by atoms with Crippen molar-refractivity contribution >= 4 is 9.84 Å².